The van der Waals surface area contributed by atoms with Crippen molar-refractivity contribution in [3.05, 3.63) is 36.0 Å². The van der Waals surface area contributed by atoms with Gasteiger partial charge in [-0.25, -0.2) is 4.79 Å². The number of nitrogens with zero attached hydrogens (tertiary/aromatic N) is 2. The molecule has 0 unspecified atom stereocenters. The van der Waals surface area contributed by atoms with Crippen molar-refractivity contribution in [3.8, 4) is 0 Å². The summed E-state index contributed by atoms with van der Waals surface area (Å²) in [7, 11) is 0. The molecule has 0 aliphatic rings. The van der Waals surface area contributed by atoms with Gasteiger partial charge in [0.2, 0.25) is 0 Å². The van der Waals surface area contributed by atoms with E-state index in [0.717, 1.165) is 0 Å². The highest BCUT2D eigenvalue weighted by Gasteiger charge is 2.32. The first-order chi connectivity index (χ1) is 10.9. The molecule has 3 N–H and O–H groups in total. The lowest BCUT2D eigenvalue weighted by atomic mass is 10.1. The van der Waals surface area contributed by atoms with Crippen LogP contribution in [0.2, 0.25) is 0 Å². The Kier molecular flexibility index (Phi) is 4.85. The summed E-state index contributed by atoms with van der Waals surface area (Å²) in [5.41, 5.74) is 5.29. The largest absolute Gasteiger partial charge is 0.467 e. The van der Waals surface area contributed by atoms with Gasteiger partial charge in [-0.15, -0.1) is 0 Å². The number of aromatic nitrogens is 2. The van der Waals surface area contributed by atoms with Crippen molar-refractivity contribution in [2.75, 3.05) is 11.9 Å². The van der Waals surface area contributed by atoms with Gasteiger partial charge in [-0.2, -0.15) is 5.10 Å². The average Bonchev–Trinajstić information content (AvgIpc) is 3.16. The number of hydrogen-bond donors (Lipinski definition) is 2. The Morgan fingerprint density at radius 1 is 1.48 bits per heavy atom. The molecule has 0 saturated carbocycles. The minimum Gasteiger partial charge on any atom is -0.467 e. The first kappa shape index (κ1) is 16.8. The van der Waals surface area contributed by atoms with Gasteiger partial charge >= 0.3 is 5.97 Å². The number of nitrogens with two attached hydrogens (primary N) is 1. The molecule has 23 heavy (non-hydrogen) atoms. The lowest BCUT2D eigenvalue weighted by Crippen LogP contribution is -2.37. The minimum absolute atomic E-state index is 0.221. The van der Waals surface area contributed by atoms with Gasteiger partial charge < -0.3 is 20.2 Å². The lowest BCUT2D eigenvalue weighted by molar-refractivity contribution is -0.152. The number of carbonyl (C=O) groups excluding carboxylic acids is 2. The molecule has 1 amide bonds. The highest BCUT2D eigenvalue weighted by molar-refractivity contribution is 6.04. The van der Waals surface area contributed by atoms with E-state index in [-0.39, 0.29) is 19.1 Å². The molecule has 0 aromatic carbocycles. The van der Waals surface area contributed by atoms with Gasteiger partial charge in [-0.1, -0.05) is 0 Å². The van der Waals surface area contributed by atoms with Gasteiger partial charge in [0.1, 0.15) is 12.0 Å². The van der Waals surface area contributed by atoms with Crippen LogP contribution in [0.25, 0.3) is 0 Å². The molecule has 0 bridgehead atoms. The summed E-state index contributed by atoms with van der Waals surface area (Å²) in [6.45, 7) is 5.62. The Morgan fingerprint density at radius 3 is 2.83 bits per heavy atom. The molecule has 8 nitrogen and oxygen atoms in total. The van der Waals surface area contributed by atoms with Crippen LogP contribution in [-0.4, -0.2) is 28.3 Å². The molecule has 0 fully saturated rings. The van der Waals surface area contributed by atoms with Crippen molar-refractivity contribution >= 4 is 17.6 Å². The Hall–Kier alpha value is -2.61. The summed E-state index contributed by atoms with van der Waals surface area (Å²) in [4.78, 5) is 24.1. The molecule has 0 aliphatic carbocycles. The van der Waals surface area contributed by atoms with E-state index >= 15 is 0 Å². The van der Waals surface area contributed by atoms with Crippen LogP contribution in [0.3, 0.4) is 0 Å². The smallest absolute Gasteiger partial charge is 0.333 e. The molecule has 0 saturated heterocycles. The van der Waals surface area contributed by atoms with Crippen molar-refractivity contribution in [1.82, 2.24) is 9.78 Å². The van der Waals surface area contributed by atoms with Crippen molar-refractivity contribution in [2.45, 2.75) is 32.9 Å². The van der Waals surface area contributed by atoms with Crippen molar-refractivity contribution in [3.63, 3.8) is 0 Å². The zero-order chi connectivity index (χ0) is 17.0. The maximum atomic E-state index is 12.1. The fourth-order valence-corrected chi connectivity index (χ4v) is 1.90. The molecule has 0 atom stereocenters. The molecule has 2 rings (SSSR count). The third-order valence-electron chi connectivity index (χ3n) is 3.31. The van der Waals surface area contributed by atoms with Crippen LogP contribution in [-0.2, 0) is 21.6 Å². The maximum Gasteiger partial charge on any atom is 0.333 e. The molecule has 0 spiro atoms. The van der Waals surface area contributed by atoms with Crippen LogP contribution < -0.4 is 11.1 Å². The van der Waals surface area contributed by atoms with Gasteiger partial charge in [0, 0.05) is 6.20 Å². The van der Waals surface area contributed by atoms with Crippen molar-refractivity contribution in [2.24, 2.45) is 5.73 Å². The van der Waals surface area contributed by atoms with E-state index in [1.54, 1.807) is 33.0 Å². The van der Waals surface area contributed by atoms with E-state index in [4.69, 9.17) is 14.9 Å². The van der Waals surface area contributed by atoms with E-state index in [1.807, 2.05) is 0 Å². The molecule has 2 heterocycles. The first-order valence-electron chi connectivity index (χ1n) is 7.19. The molecule has 0 radical (unpaired) electrons. The van der Waals surface area contributed by atoms with Crippen LogP contribution in [0.5, 0.6) is 0 Å². The fraction of sp³-hybridized carbons (Fsp3) is 0.400. The maximum absolute atomic E-state index is 12.1. The van der Waals surface area contributed by atoms with Crippen LogP contribution in [0.1, 0.15) is 36.9 Å². The minimum atomic E-state index is -0.971. The molecular formula is C15H20N4O4. The Balaban J connectivity index is 2.10. The van der Waals surface area contributed by atoms with Crippen molar-refractivity contribution in [1.29, 1.82) is 0 Å². The Morgan fingerprint density at radius 2 is 2.22 bits per heavy atom. The van der Waals surface area contributed by atoms with Crippen LogP contribution in [0.15, 0.2) is 29.1 Å². The number of ether oxygens (including phenoxy) is 1. The molecule has 2 aromatic heterocycles. The Bertz CT molecular complexity index is 702. The molecule has 0 aliphatic heterocycles. The quantitative estimate of drug-likeness (QED) is 0.780. The van der Waals surface area contributed by atoms with E-state index in [9.17, 15) is 9.59 Å². The number of esters is 1. The van der Waals surface area contributed by atoms with E-state index in [1.165, 1.54) is 17.1 Å². The van der Waals surface area contributed by atoms with E-state index in [2.05, 4.69) is 10.4 Å². The monoisotopic (exact) mass is 320 g/mol. The second-order valence-electron chi connectivity index (χ2n) is 5.41. The number of hydrogen-bond acceptors (Lipinski definition) is 6. The average molecular weight is 320 g/mol. The lowest BCUT2D eigenvalue weighted by Gasteiger charge is -2.22. The van der Waals surface area contributed by atoms with Crippen LogP contribution in [0.4, 0.5) is 5.69 Å². The third kappa shape index (κ3) is 3.59. The normalized spacial score (nSPS) is 11.3. The molecule has 8 heteroatoms. The Labute approximate surface area is 133 Å². The van der Waals surface area contributed by atoms with Crippen LogP contribution in [0, 0.1) is 0 Å². The number of carbonyl (C=O) groups is 2. The molecule has 124 valence electrons. The fourth-order valence-electron chi connectivity index (χ4n) is 1.90. The summed E-state index contributed by atoms with van der Waals surface area (Å²) in [5, 5.41) is 6.80. The summed E-state index contributed by atoms with van der Waals surface area (Å²) in [6.07, 6.45) is 4.37. The number of furan rings is 1. The first-order valence-corrected chi connectivity index (χ1v) is 7.19. The highest BCUT2D eigenvalue weighted by atomic mass is 16.5. The number of anilines is 1. The number of amides is 1. The molecular weight excluding hydrogens is 300 g/mol. The standard InChI is InChI=1S/C15H20N4O4/c1-4-22-14(21)15(2,3)19-8-11(7-17-19)18-13(20)10-5-12(6-16)23-9-10/h5,7-9H,4,6,16H2,1-3H3,(H,18,20). The second kappa shape index (κ2) is 6.66. The third-order valence-corrected chi connectivity index (χ3v) is 3.31. The zero-order valence-corrected chi connectivity index (χ0v) is 13.3. The summed E-state index contributed by atoms with van der Waals surface area (Å²) < 4.78 is 11.6. The van der Waals surface area contributed by atoms with Gasteiger partial charge in [0.05, 0.1) is 30.6 Å². The van der Waals surface area contributed by atoms with Gasteiger partial charge in [-0.05, 0) is 26.8 Å². The van der Waals surface area contributed by atoms with Gasteiger partial charge in [0.25, 0.3) is 5.91 Å². The summed E-state index contributed by atoms with van der Waals surface area (Å²) >= 11 is 0. The highest BCUT2D eigenvalue weighted by Crippen LogP contribution is 2.19. The predicted molar refractivity (Wildman–Crippen MR) is 82.7 cm³/mol. The van der Waals surface area contributed by atoms with Gasteiger partial charge in [-0.3, -0.25) is 9.48 Å². The topological polar surface area (TPSA) is 112 Å². The van der Waals surface area contributed by atoms with E-state index in [0.29, 0.717) is 17.0 Å². The van der Waals surface area contributed by atoms with Crippen molar-refractivity contribution < 1.29 is 18.7 Å². The number of nitrogens with one attached hydrogen (secondary N) is 1. The summed E-state index contributed by atoms with van der Waals surface area (Å²) in [5.74, 6) is -0.223. The second-order valence-corrected chi connectivity index (χ2v) is 5.41. The van der Waals surface area contributed by atoms with Gasteiger partial charge in [0.15, 0.2) is 5.54 Å². The number of rotatable bonds is 6. The SMILES string of the molecule is CCOC(=O)C(C)(C)n1cc(NC(=O)c2coc(CN)c2)cn1. The van der Waals surface area contributed by atoms with Crippen LogP contribution >= 0.6 is 0 Å². The van der Waals surface area contributed by atoms with E-state index < -0.39 is 11.5 Å². The summed E-state index contributed by atoms with van der Waals surface area (Å²) in [6, 6.07) is 1.57. The zero-order valence-electron chi connectivity index (χ0n) is 13.3. The molecule has 2 aromatic rings. The predicted octanol–water partition coefficient (Wildman–Crippen LogP) is 1.49.